The van der Waals surface area contributed by atoms with Gasteiger partial charge in [-0.15, -0.1) is 0 Å². The summed E-state index contributed by atoms with van der Waals surface area (Å²) in [7, 11) is 0. The lowest BCUT2D eigenvalue weighted by Crippen LogP contribution is -1.98. The number of fused-ring (bicyclic) bond motifs is 1. The van der Waals surface area contributed by atoms with E-state index in [1.165, 1.54) is 18.3 Å². The van der Waals surface area contributed by atoms with Crippen molar-refractivity contribution in [2.24, 2.45) is 5.16 Å². The van der Waals surface area contributed by atoms with Gasteiger partial charge < -0.3 is 14.9 Å². The Morgan fingerprint density at radius 1 is 1.19 bits per heavy atom. The first-order valence-electron chi connectivity index (χ1n) is 6.40. The second-order valence-corrected chi connectivity index (χ2v) is 4.73. The fourth-order valence-electron chi connectivity index (χ4n) is 2.58. The number of phenols is 1. The van der Waals surface area contributed by atoms with Crippen LogP contribution in [0.25, 0.3) is 16.6 Å². The zero-order valence-electron chi connectivity index (χ0n) is 11.3. The topological polar surface area (TPSA) is 57.8 Å². The van der Waals surface area contributed by atoms with E-state index in [1.54, 1.807) is 6.07 Å². The van der Waals surface area contributed by atoms with Crippen LogP contribution in [0.1, 0.15) is 11.3 Å². The number of benzene rings is 2. The Labute approximate surface area is 120 Å². The fraction of sp³-hybridized carbons (Fsp3) is 0.0625. The summed E-state index contributed by atoms with van der Waals surface area (Å²) in [5, 5.41) is 22.2. The summed E-state index contributed by atoms with van der Waals surface area (Å²) in [5.41, 5.74) is 3.05. The van der Waals surface area contributed by atoms with Crippen molar-refractivity contribution in [1.29, 1.82) is 0 Å². The van der Waals surface area contributed by atoms with Crippen molar-refractivity contribution in [3.05, 3.63) is 59.5 Å². The summed E-state index contributed by atoms with van der Waals surface area (Å²) in [4.78, 5) is 0. The molecule has 5 heteroatoms. The Bertz CT molecular complexity index is 853. The van der Waals surface area contributed by atoms with Crippen LogP contribution in [0, 0.1) is 12.7 Å². The van der Waals surface area contributed by atoms with Gasteiger partial charge in [0.05, 0.1) is 11.7 Å². The Morgan fingerprint density at radius 2 is 1.95 bits per heavy atom. The van der Waals surface area contributed by atoms with Crippen LogP contribution in [0.2, 0.25) is 0 Å². The number of aromatic nitrogens is 1. The number of para-hydroxylation sites is 1. The third-order valence-electron chi connectivity index (χ3n) is 3.54. The number of nitrogens with zero attached hydrogens (tertiary/aromatic N) is 2. The highest BCUT2D eigenvalue weighted by Crippen LogP contribution is 2.29. The molecule has 0 bridgehead atoms. The number of phenolic OH excluding ortho intramolecular Hbond substituents is 1. The van der Waals surface area contributed by atoms with Gasteiger partial charge in [-0.05, 0) is 25.1 Å². The van der Waals surface area contributed by atoms with Gasteiger partial charge in [0.1, 0.15) is 0 Å². The van der Waals surface area contributed by atoms with E-state index in [-0.39, 0.29) is 5.75 Å². The van der Waals surface area contributed by atoms with Gasteiger partial charge in [-0.1, -0.05) is 23.4 Å². The molecule has 106 valence electrons. The van der Waals surface area contributed by atoms with Gasteiger partial charge in [-0.2, -0.15) is 0 Å². The molecule has 0 aliphatic rings. The summed E-state index contributed by atoms with van der Waals surface area (Å²) in [6, 6.07) is 11.8. The fourth-order valence-corrected chi connectivity index (χ4v) is 2.58. The Balaban J connectivity index is 2.36. The Morgan fingerprint density at radius 3 is 2.67 bits per heavy atom. The molecule has 0 spiro atoms. The van der Waals surface area contributed by atoms with Gasteiger partial charge >= 0.3 is 0 Å². The molecular formula is C16H13FN2O2. The van der Waals surface area contributed by atoms with Crippen molar-refractivity contribution in [3.63, 3.8) is 0 Å². The van der Waals surface area contributed by atoms with Gasteiger partial charge in [-0.3, -0.25) is 0 Å². The summed E-state index contributed by atoms with van der Waals surface area (Å²) < 4.78 is 15.5. The largest absolute Gasteiger partial charge is 0.505 e. The molecule has 4 nitrogen and oxygen atoms in total. The second kappa shape index (κ2) is 4.94. The highest BCUT2D eigenvalue weighted by molar-refractivity contribution is 6.01. The zero-order chi connectivity index (χ0) is 15.0. The quantitative estimate of drug-likeness (QED) is 0.429. The van der Waals surface area contributed by atoms with Crippen molar-refractivity contribution >= 4 is 17.1 Å². The molecule has 0 amide bonds. The van der Waals surface area contributed by atoms with E-state index in [2.05, 4.69) is 5.16 Å². The lowest BCUT2D eigenvalue weighted by Gasteiger charge is -2.09. The molecule has 0 aliphatic heterocycles. The Kier molecular flexibility index (Phi) is 3.10. The second-order valence-electron chi connectivity index (χ2n) is 4.73. The molecule has 1 heterocycles. The molecule has 1 aromatic heterocycles. The van der Waals surface area contributed by atoms with Gasteiger partial charge in [0, 0.05) is 28.4 Å². The maximum Gasteiger partial charge on any atom is 0.166 e. The summed E-state index contributed by atoms with van der Waals surface area (Å²) in [5.74, 6) is -1.06. The van der Waals surface area contributed by atoms with Crippen molar-refractivity contribution in [2.75, 3.05) is 0 Å². The SMILES string of the molecule is Cc1c(/C=N/O)c2ccccc2n1-c1ccc(O)c(F)c1. The molecule has 0 saturated carbocycles. The molecule has 3 aromatic rings. The molecule has 2 N–H and O–H groups in total. The van der Waals surface area contributed by atoms with E-state index in [9.17, 15) is 9.50 Å². The van der Waals surface area contributed by atoms with Crippen molar-refractivity contribution in [3.8, 4) is 11.4 Å². The maximum atomic E-state index is 13.6. The Hall–Kier alpha value is -2.82. The molecule has 3 rings (SSSR count). The first-order chi connectivity index (χ1) is 10.1. The number of halogens is 1. The number of aromatic hydroxyl groups is 1. The number of hydrogen-bond acceptors (Lipinski definition) is 3. The van der Waals surface area contributed by atoms with Crippen LogP contribution in [0.5, 0.6) is 5.75 Å². The molecule has 0 saturated heterocycles. The third kappa shape index (κ3) is 2.03. The minimum atomic E-state index is -0.679. The zero-order valence-corrected chi connectivity index (χ0v) is 11.3. The molecule has 2 aromatic carbocycles. The molecular weight excluding hydrogens is 271 g/mol. The van der Waals surface area contributed by atoms with Crippen LogP contribution in [0.4, 0.5) is 4.39 Å². The van der Waals surface area contributed by atoms with Crippen LogP contribution >= 0.6 is 0 Å². The molecule has 21 heavy (non-hydrogen) atoms. The maximum absolute atomic E-state index is 13.6. The molecule has 0 atom stereocenters. The lowest BCUT2D eigenvalue weighted by molar-refractivity contribution is 0.322. The summed E-state index contributed by atoms with van der Waals surface area (Å²) in [6.07, 6.45) is 1.37. The lowest BCUT2D eigenvalue weighted by atomic mass is 10.1. The van der Waals surface area contributed by atoms with E-state index in [0.717, 1.165) is 22.2 Å². The van der Waals surface area contributed by atoms with Crippen LogP contribution in [0.3, 0.4) is 0 Å². The highest BCUT2D eigenvalue weighted by Gasteiger charge is 2.14. The van der Waals surface area contributed by atoms with Gasteiger partial charge in [0.15, 0.2) is 11.6 Å². The van der Waals surface area contributed by atoms with Crippen LogP contribution in [-0.2, 0) is 0 Å². The highest BCUT2D eigenvalue weighted by atomic mass is 19.1. The monoisotopic (exact) mass is 284 g/mol. The first-order valence-corrected chi connectivity index (χ1v) is 6.40. The summed E-state index contributed by atoms with van der Waals surface area (Å²) in [6.45, 7) is 1.86. The van der Waals surface area contributed by atoms with E-state index in [0.29, 0.717) is 5.69 Å². The van der Waals surface area contributed by atoms with E-state index < -0.39 is 5.82 Å². The van der Waals surface area contributed by atoms with Gasteiger partial charge in [0.2, 0.25) is 0 Å². The van der Waals surface area contributed by atoms with Crippen molar-refractivity contribution in [1.82, 2.24) is 4.57 Å². The van der Waals surface area contributed by atoms with Crippen molar-refractivity contribution in [2.45, 2.75) is 6.92 Å². The predicted octanol–water partition coefficient (Wildman–Crippen LogP) is 3.59. The van der Waals surface area contributed by atoms with E-state index in [4.69, 9.17) is 5.21 Å². The molecule has 0 unspecified atom stereocenters. The van der Waals surface area contributed by atoms with Gasteiger partial charge in [0.25, 0.3) is 0 Å². The molecule has 0 fully saturated rings. The molecule has 0 aliphatic carbocycles. The standard InChI is InChI=1S/C16H13FN2O2/c1-10-13(9-18-21)12-4-2-3-5-15(12)19(10)11-6-7-16(20)14(17)8-11/h2-9,20-21H,1H3/b18-9+. The normalized spacial score (nSPS) is 11.5. The van der Waals surface area contributed by atoms with Crippen LogP contribution in [0.15, 0.2) is 47.6 Å². The summed E-state index contributed by atoms with van der Waals surface area (Å²) >= 11 is 0. The van der Waals surface area contributed by atoms with E-state index >= 15 is 0 Å². The number of oxime groups is 1. The minimum absolute atomic E-state index is 0.384. The van der Waals surface area contributed by atoms with Crippen molar-refractivity contribution < 1.29 is 14.7 Å². The average molecular weight is 284 g/mol. The third-order valence-corrected chi connectivity index (χ3v) is 3.54. The predicted molar refractivity (Wildman–Crippen MR) is 79.0 cm³/mol. The van der Waals surface area contributed by atoms with Gasteiger partial charge in [-0.25, -0.2) is 4.39 Å². The van der Waals surface area contributed by atoms with E-state index in [1.807, 2.05) is 35.8 Å². The smallest absolute Gasteiger partial charge is 0.166 e. The average Bonchev–Trinajstić information content (AvgIpc) is 2.76. The number of hydrogen-bond donors (Lipinski definition) is 2. The number of rotatable bonds is 2. The minimum Gasteiger partial charge on any atom is -0.505 e. The first kappa shape index (κ1) is 13.2. The van der Waals surface area contributed by atoms with Crippen LogP contribution in [-0.4, -0.2) is 21.1 Å². The van der Waals surface area contributed by atoms with Crippen LogP contribution < -0.4 is 0 Å². The molecule has 0 radical (unpaired) electrons.